The summed E-state index contributed by atoms with van der Waals surface area (Å²) in [6.45, 7) is 18.0. The van der Waals surface area contributed by atoms with Crippen LogP contribution < -0.4 is 0 Å². The molecule has 104 valence electrons. The van der Waals surface area contributed by atoms with E-state index in [0.717, 1.165) is 0 Å². The van der Waals surface area contributed by atoms with Crippen LogP contribution in [0.15, 0.2) is 9.98 Å². The van der Waals surface area contributed by atoms with Gasteiger partial charge in [-0.2, -0.15) is 0 Å². The first-order valence-electron chi connectivity index (χ1n) is 7.16. The van der Waals surface area contributed by atoms with Gasteiger partial charge in [-0.15, -0.1) is 0 Å². The third-order valence-electron chi connectivity index (χ3n) is 3.90. The lowest BCUT2D eigenvalue weighted by Crippen LogP contribution is -2.52. The van der Waals surface area contributed by atoms with Crippen LogP contribution in [0.1, 0.15) is 55.4 Å². The van der Waals surface area contributed by atoms with Gasteiger partial charge in [0.25, 0.3) is 0 Å². The van der Waals surface area contributed by atoms with Gasteiger partial charge in [-0.25, -0.2) is 0 Å². The summed E-state index contributed by atoms with van der Waals surface area (Å²) in [6.07, 6.45) is 4.23. The van der Waals surface area contributed by atoms with E-state index in [1.807, 2.05) is 0 Å². The lowest BCUT2D eigenvalue weighted by molar-refractivity contribution is 0.124. The summed E-state index contributed by atoms with van der Waals surface area (Å²) in [5.41, 5.74) is 0.151. The van der Waals surface area contributed by atoms with Crippen LogP contribution >= 0.6 is 0 Å². The molecule has 0 N–H and O–H groups in total. The van der Waals surface area contributed by atoms with E-state index in [9.17, 15) is 0 Å². The minimum atomic E-state index is 0.0419. The van der Waals surface area contributed by atoms with Crippen LogP contribution in [-0.4, -0.2) is 24.5 Å². The quantitative estimate of drug-likeness (QED) is 0.669. The average Bonchev–Trinajstić information content (AvgIpc) is 2.13. The number of nitrogens with zero attached hydrogens (tertiary/aromatic N) is 2. The number of hydrogen-bond acceptors (Lipinski definition) is 2. The van der Waals surface area contributed by atoms with Crippen molar-refractivity contribution >= 4 is 12.4 Å². The van der Waals surface area contributed by atoms with Gasteiger partial charge in [-0.3, -0.25) is 9.98 Å². The highest BCUT2D eigenvalue weighted by atomic mass is 14.9. The Morgan fingerprint density at radius 1 is 1.11 bits per heavy atom. The lowest BCUT2D eigenvalue weighted by atomic mass is 9.63. The van der Waals surface area contributed by atoms with E-state index in [-0.39, 0.29) is 10.8 Å². The van der Waals surface area contributed by atoms with Crippen LogP contribution in [0.4, 0.5) is 0 Å². The maximum atomic E-state index is 4.90. The van der Waals surface area contributed by atoms with Gasteiger partial charge in [0.1, 0.15) is 0 Å². The Hall–Kier alpha value is -0.660. The van der Waals surface area contributed by atoms with Gasteiger partial charge in [0.05, 0.1) is 12.1 Å². The summed E-state index contributed by atoms with van der Waals surface area (Å²) in [7, 11) is 0. The van der Waals surface area contributed by atoms with Crippen molar-refractivity contribution in [1.29, 1.82) is 0 Å². The number of aliphatic imine (C=N–C) groups is 2. The molecule has 1 heterocycles. The second kappa shape index (κ2) is 5.14. The van der Waals surface area contributed by atoms with Crippen LogP contribution in [0, 0.1) is 22.7 Å². The largest absolute Gasteiger partial charge is 0.293 e. The summed E-state index contributed by atoms with van der Waals surface area (Å²) in [6, 6.07) is 0.664. The molecule has 1 rings (SSSR count). The number of hydrogen-bond donors (Lipinski definition) is 0. The highest BCUT2D eigenvalue weighted by Crippen LogP contribution is 2.45. The molecule has 0 saturated heterocycles. The first kappa shape index (κ1) is 15.4. The first-order chi connectivity index (χ1) is 8.09. The molecule has 0 saturated carbocycles. The lowest BCUT2D eigenvalue weighted by Gasteiger charge is -2.48. The third kappa shape index (κ3) is 3.02. The highest BCUT2D eigenvalue weighted by molar-refractivity contribution is 5.69. The molecule has 1 aliphatic heterocycles. The zero-order chi connectivity index (χ0) is 14.1. The van der Waals surface area contributed by atoms with E-state index in [0.29, 0.717) is 23.9 Å². The van der Waals surface area contributed by atoms with Crippen LogP contribution in [0.2, 0.25) is 0 Å². The molecule has 0 aromatic rings. The molecule has 0 aromatic carbocycles. The van der Waals surface area contributed by atoms with E-state index in [1.54, 1.807) is 0 Å². The minimum absolute atomic E-state index is 0.0419. The Morgan fingerprint density at radius 2 is 1.67 bits per heavy atom. The predicted octanol–water partition coefficient (Wildman–Crippen LogP) is 4.24. The first-order valence-corrected chi connectivity index (χ1v) is 7.16. The SMILES string of the molecule is CC(C)C=NC1C(C)(C)C=NC(C(C)C)C1(C)C. The molecule has 0 bridgehead atoms. The van der Waals surface area contributed by atoms with Crippen molar-refractivity contribution in [2.45, 2.75) is 67.5 Å². The monoisotopic (exact) mass is 250 g/mol. The summed E-state index contributed by atoms with van der Waals surface area (Å²) in [5.74, 6) is 1.07. The molecule has 0 amide bonds. The maximum Gasteiger partial charge on any atom is 0.0667 e. The van der Waals surface area contributed by atoms with E-state index in [1.165, 1.54) is 0 Å². The smallest absolute Gasteiger partial charge is 0.0667 e. The molecule has 2 nitrogen and oxygen atoms in total. The maximum absolute atomic E-state index is 4.90. The molecule has 18 heavy (non-hydrogen) atoms. The fourth-order valence-electron chi connectivity index (χ4n) is 3.33. The minimum Gasteiger partial charge on any atom is -0.293 e. The summed E-state index contributed by atoms with van der Waals surface area (Å²) >= 11 is 0. The van der Waals surface area contributed by atoms with Crippen LogP contribution in [-0.2, 0) is 0 Å². The molecule has 2 unspecified atom stereocenters. The molecule has 2 heteroatoms. The van der Waals surface area contributed by atoms with E-state index in [4.69, 9.17) is 9.98 Å². The average molecular weight is 250 g/mol. The molecule has 2 atom stereocenters. The third-order valence-corrected chi connectivity index (χ3v) is 3.90. The van der Waals surface area contributed by atoms with Gasteiger partial charge >= 0.3 is 0 Å². The van der Waals surface area contributed by atoms with Crippen molar-refractivity contribution in [3.63, 3.8) is 0 Å². The van der Waals surface area contributed by atoms with Crippen molar-refractivity contribution in [3.8, 4) is 0 Å². The molecule has 0 aromatic heterocycles. The zero-order valence-electron chi connectivity index (χ0n) is 13.4. The zero-order valence-corrected chi connectivity index (χ0v) is 13.4. The van der Waals surface area contributed by atoms with Gasteiger partial charge in [-0.1, -0.05) is 55.4 Å². The Balaban J connectivity index is 3.14. The predicted molar refractivity (Wildman–Crippen MR) is 81.8 cm³/mol. The Kier molecular flexibility index (Phi) is 4.40. The van der Waals surface area contributed by atoms with Crippen LogP contribution in [0.5, 0.6) is 0 Å². The van der Waals surface area contributed by atoms with Crippen LogP contribution in [0.3, 0.4) is 0 Å². The molecule has 0 fully saturated rings. The Bertz CT molecular complexity index is 335. The topological polar surface area (TPSA) is 24.7 Å². The van der Waals surface area contributed by atoms with Gasteiger partial charge < -0.3 is 0 Å². The molecule has 0 aliphatic carbocycles. The Labute approximate surface area is 113 Å². The molecule has 0 spiro atoms. The van der Waals surface area contributed by atoms with Gasteiger partial charge in [0, 0.05) is 23.3 Å². The van der Waals surface area contributed by atoms with Crippen LogP contribution in [0.25, 0.3) is 0 Å². The van der Waals surface area contributed by atoms with Gasteiger partial charge in [-0.05, 0) is 11.8 Å². The Morgan fingerprint density at radius 3 is 2.11 bits per heavy atom. The summed E-state index contributed by atoms with van der Waals surface area (Å²) in [5, 5.41) is 0. The van der Waals surface area contributed by atoms with Crippen molar-refractivity contribution in [2.24, 2.45) is 32.7 Å². The number of rotatable bonds is 3. The normalized spacial score (nSPS) is 30.6. The van der Waals surface area contributed by atoms with Crippen molar-refractivity contribution in [3.05, 3.63) is 0 Å². The van der Waals surface area contributed by atoms with Gasteiger partial charge in [0.15, 0.2) is 0 Å². The fraction of sp³-hybridized carbons (Fsp3) is 0.875. The highest BCUT2D eigenvalue weighted by Gasteiger charge is 2.48. The molecule has 1 aliphatic rings. The van der Waals surface area contributed by atoms with E-state index >= 15 is 0 Å². The fourth-order valence-corrected chi connectivity index (χ4v) is 3.33. The summed E-state index contributed by atoms with van der Waals surface area (Å²) < 4.78 is 0. The van der Waals surface area contributed by atoms with E-state index < -0.39 is 0 Å². The standard InChI is InChI=1S/C16H30N2/c1-11(2)9-17-14-15(5,6)10-18-13(12(3)4)16(14,7)8/h9-14H,1-8H3. The molecule has 0 radical (unpaired) electrons. The van der Waals surface area contributed by atoms with Crippen molar-refractivity contribution in [2.75, 3.05) is 0 Å². The summed E-state index contributed by atoms with van der Waals surface area (Å²) in [4.78, 5) is 9.72. The van der Waals surface area contributed by atoms with E-state index in [2.05, 4.69) is 67.8 Å². The van der Waals surface area contributed by atoms with Crippen molar-refractivity contribution in [1.82, 2.24) is 0 Å². The second-order valence-corrected chi connectivity index (χ2v) is 7.55. The second-order valence-electron chi connectivity index (χ2n) is 7.55. The molecular formula is C16H30N2. The van der Waals surface area contributed by atoms with Crippen molar-refractivity contribution < 1.29 is 0 Å². The van der Waals surface area contributed by atoms with Gasteiger partial charge in [0.2, 0.25) is 0 Å². The molecular weight excluding hydrogens is 220 g/mol.